The van der Waals surface area contributed by atoms with Crippen molar-refractivity contribution in [2.75, 3.05) is 5.32 Å². The SMILES string of the molecule is CCC1CCCC(Nc2cccc(F)c2C)C1. The van der Waals surface area contributed by atoms with E-state index in [1.165, 1.54) is 38.2 Å². The molecular weight excluding hydrogens is 213 g/mol. The van der Waals surface area contributed by atoms with Crippen LogP contribution in [0.4, 0.5) is 10.1 Å². The Morgan fingerprint density at radius 1 is 1.35 bits per heavy atom. The zero-order valence-electron chi connectivity index (χ0n) is 10.8. The van der Waals surface area contributed by atoms with Gasteiger partial charge in [-0.3, -0.25) is 0 Å². The molecule has 2 heteroatoms. The molecule has 1 aliphatic rings. The summed E-state index contributed by atoms with van der Waals surface area (Å²) in [6.45, 7) is 4.11. The standard InChI is InChI=1S/C15H22FN/c1-3-12-6-4-7-13(10-12)17-15-9-5-8-14(16)11(15)2/h5,8-9,12-13,17H,3-4,6-7,10H2,1-2H3. The smallest absolute Gasteiger partial charge is 0.128 e. The second kappa shape index (κ2) is 5.52. The number of rotatable bonds is 3. The fraction of sp³-hybridized carbons (Fsp3) is 0.600. The molecule has 0 amide bonds. The van der Waals surface area contributed by atoms with Gasteiger partial charge in [-0.1, -0.05) is 32.3 Å². The minimum absolute atomic E-state index is 0.113. The summed E-state index contributed by atoms with van der Waals surface area (Å²) < 4.78 is 13.4. The summed E-state index contributed by atoms with van der Waals surface area (Å²) in [6, 6.07) is 5.81. The molecule has 17 heavy (non-hydrogen) atoms. The molecule has 0 radical (unpaired) electrons. The molecule has 2 atom stereocenters. The summed E-state index contributed by atoms with van der Waals surface area (Å²) in [7, 11) is 0. The lowest BCUT2D eigenvalue weighted by molar-refractivity contribution is 0.327. The number of anilines is 1. The van der Waals surface area contributed by atoms with Gasteiger partial charge in [0.25, 0.3) is 0 Å². The molecule has 1 aromatic carbocycles. The van der Waals surface area contributed by atoms with Crippen LogP contribution in [-0.4, -0.2) is 6.04 Å². The highest BCUT2D eigenvalue weighted by Gasteiger charge is 2.21. The highest BCUT2D eigenvalue weighted by atomic mass is 19.1. The molecule has 0 aliphatic heterocycles. The lowest BCUT2D eigenvalue weighted by atomic mass is 9.84. The van der Waals surface area contributed by atoms with E-state index in [2.05, 4.69) is 12.2 Å². The van der Waals surface area contributed by atoms with Crippen molar-refractivity contribution in [3.8, 4) is 0 Å². The monoisotopic (exact) mass is 235 g/mol. The largest absolute Gasteiger partial charge is 0.382 e. The van der Waals surface area contributed by atoms with Crippen LogP contribution in [0.1, 0.15) is 44.6 Å². The maximum atomic E-state index is 13.4. The van der Waals surface area contributed by atoms with Gasteiger partial charge in [0.2, 0.25) is 0 Å². The van der Waals surface area contributed by atoms with E-state index in [0.29, 0.717) is 6.04 Å². The fourth-order valence-electron chi connectivity index (χ4n) is 2.78. The van der Waals surface area contributed by atoms with Crippen molar-refractivity contribution >= 4 is 5.69 Å². The van der Waals surface area contributed by atoms with E-state index in [0.717, 1.165) is 17.2 Å². The normalized spacial score (nSPS) is 24.6. The Morgan fingerprint density at radius 3 is 2.94 bits per heavy atom. The van der Waals surface area contributed by atoms with Crippen LogP contribution in [0.25, 0.3) is 0 Å². The maximum Gasteiger partial charge on any atom is 0.128 e. The lowest BCUT2D eigenvalue weighted by Gasteiger charge is -2.30. The molecule has 2 rings (SSSR count). The lowest BCUT2D eigenvalue weighted by Crippen LogP contribution is -2.27. The van der Waals surface area contributed by atoms with E-state index in [1.807, 2.05) is 13.0 Å². The Labute approximate surface area is 103 Å². The van der Waals surface area contributed by atoms with Crippen LogP contribution in [0.15, 0.2) is 18.2 Å². The average Bonchev–Trinajstić information content (AvgIpc) is 2.35. The molecule has 94 valence electrons. The van der Waals surface area contributed by atoms with Crippen molar-refractivity contribution in [3.63, 3.8) is 0 Å². The van der Waals surface area contributed by atoms with Crippen LogP contribution >= 0.6 is 0 Å². The highest BCUT2D eigenvalue weighted by molar-refractivity contribution is 5.51. The van der Waals surface area contributed by atoms with Crippen molar-refractivity contribution < 1.29 is 4.39 Å². The first-order valence-electron chi connectivity index (χ1n) is 6.72. The Morgan fingerprint density at radius 2 is 2.18 bits per heavy atom. The molecule has 0 spiro atoms. The Hall–Kier alpha value is -1.05. The summed E-state index contributed by atoms with van der Waals surface area (Å²) in [6.07, 6.45) is 6.36. The fourth-order valence-corrected chi connectivity index (χ4v) is 2.78. The molecule has 1 nitrogen and oxygen atoms in total. The van der Waals surface area contributed by atoms with E-state index in [4.69, 9.17) is 0 Å². The van der Waals surface area contributed by atoms with E-state index in [-0.39, 0.29) is 5.82 Å². The summed E-state index contributed by atoms with van der Waals surface area (Å²) in [4.78, 5) is 0. The van der Waals surface area contributed by atoms with Crippen molar-refractivity contribution in [1.82, 2.24) is 0 Å². The van der Waals surface area contributed by atoms with Crippen LogP contribution in [-0.2, 0) is 0 Å². The number of benzene rings is 1. The van der Waals surface area contributed by atoms with Gasteiger partial charge in [-0.05, 0) is 37.8 Å². The maximum absolute atomic E-state index is 13.4. The van der Waals surface area contributed by atoms with Gasteiger partial charge in [-0.2, -0.15) is 0 Å². The topological polar surface area (TPSA) is 12.0 Å². The van der Waals surface area contributed by atoms with Crippen molar-refractivity contribution in [2.45, 2.75) is 52.0 Å². The van der Waals surface area contributed by atoms with E-state index in [1.54, 1.807) is 6.07 Å². The minimum Gasteiger partial charge on any atom is -0.382 e. The van der Waals surface area contributed by atoms with Gasteiger partial charge < -0.3 is 5.32 Å². The predicted molar refractivity (Wildman–Crippen MR) is 70.8 cm³/mol. The molecular formula is C15H22FN. The third-order valence-corrected chi connectivity index (χ3v) is 3.99. The van der Waals surface area contributed by atoms with Gasteiger partial charge in [0, 0.05) is 17.3 Å². The Kier molecular flexibility index (Phi) is 4.03. The van der Waals surface area contributed by atoms with Gasteiger partial charge in [0.05, 0.1) is 0 Å². The molecule has 1 aliphatic carbocycles. The summed E-state index contributed by atoms with van der Waals surface area (Å²) in [5, 5.41) is 3.51. The molecule has 2 unspecified atom stereocenters. The molecule has 1 N–H and O–H groups in total. The van der Waals surface area contributed by atoms with Gasteiger partial charge in [-0.25, -0.2) is 4.39 Å². The van der Waals surface area contributed by atoms with Crippen LogP contribution < -0.4 is 5.32 Å². The summed E-state index contributed by atoms with van der Waals surface area (Å²) in [5.41, 5.74) is 1.71. The molecule has 0 saturated heterocycles. The zero-order chi connectivity index (χ0) is 12.3. The quantitative estimate of drug-likeness (QED) is 0.812. The predicted octanol–water partition coefficient (Wildman–Crippen LogP) is 4.51. The third kappa shape index (κ3) is 2.99. The van der Waals surface area contributed by atoms with Gasteiger partial charge in [0.1, 0.15) is 5.82 Å². The van der Waals surface area contributed by atoms with Crippen LogP contribution in [0.2, 0.25) is 0 Å². The van der Waals surface area contributed by atoms with Crippen molar-refractivity contribution in [3.05, 3.63) is 29.6 Å². The first kappa shape index (κ1) is 12.4. The van der Waals surface area contributed by atoms with E-state index in [9.17, 15) is 4.39 Å². The van der Waals surface area contributed by atoms with Gasteiger partial charge in [-0.15, -0.1) is 0 Å². The minimum atomic E-state index is -0.113. The average molecular weight is 235 g/mol. The highest BCUT2D eigenvalue weighted by Crippen LogP contribution is 2.29. The number of hydrogen-bond acceptors (Lipinski definition) is 1. The number of halogens is 1. The first-order chi connectivity index (χ1) is 8.20. The molecule has 0 aromatic heterocycles. The second-order valence-corrected chi connectivity index (χ2v) is 5.19. The first-order valence-corrected chi connectivity index (χ1v) is 6.72. The summed E-state index contributed by atoms with van der Waals surface area (Å²) in [5.74, 6) is 0.730. The Balaban J connectivity index is 2.02. The molecule has 1 aromatic rings. The van der Waals surface area contributed by atoms with Gasteiger partial charge in [0.15, 0.2) is 0 Å². The second-order valence-electron chi connectivity index (χ2n) is 5.19. The molecule has 1 fully saturated rings. The Bertz CT molecular complexity index is 375. The summed E-state index contributed by atoms with van der Waals surface area (Å²) >= 11 is 0. The number of hydrogen-bond donors (Lipinski definition) is 1. The van der Waals surface area contributed by atoms with E-state index >= 15 is 0 Å². The molecule has 0 heterocycles. The van der Waals surface area contributed by atoms with Crippen LogP contribution in [0, 0.1) is 18.7 Å². The van der Waals surface area contributed by atoms with Crippen LogP contribution in [0.3, 0.4) is 0 Å². The van der Waals surface area contributed by atoms with E-state index < -0.39 is 0 Å². The van der Waals surface area contributed by atoms with Crippen molar-refractivity contribution in [2.24, 2.45) is 5.92 Å². The van der Waals surface area contributed by atoms with Crippen LogP contribution in [0.5, 0.6) is 0 Å². The number of nitrogens with one attached hydrogen (secondary N) is 1. The zero-order valence-corrected chi connectivity index (χ0v) is 10.8. The molecule has 1 saturated carbocycles. The molecule has 0 bridgehead atoms. The third-order valence-electron chi connectivity index (χ3n) is 3.99. The van der Waals surface area contributed by atoms with Gasteiger partial charge >= 0.3 is 0 Å². The van der Waals surface area contributed by atoms with Crippen molar-refractivity contribution in [1.29, 1.82) is 0 Å².